The SMILES string of the molecule is CNC(=O)N(C)CCc1ccc(OC(C)C)c(C(=O)N[C@@H](CO)Cc2c[nH]c3ccccc23)c1. The molecule has 0 spiro atoms. The summed E-state index contributed by atoms with van der Waals surface area (Å²) < 4.78 is 5.88. The fraction of sp³-hybridized carbons (Fsp3) is 0.385. The first kappa shape index (κ1) is 25.1. The number of fused-ring (bicyclic) bond motifs is 1. The van der Waals surface area contributed by atoms with Gasteiger partial charge in [0.2, 0.25) is 0 Å². The van der Waals surface area contributed by atoms with Crippen LogP contribution >= 0.6 is 0 Å². The lowest BCUT2D eigenvalue weighted by Crippen LogP contribution is -2.39. The maximum Gasteiger partial charge on any atom is 0.316 e. The predicted molar refractivity (Wildman–Crippen MR) is 133 cm³/mol. The Kier molecular flexibility index (Phi) is 8.54. The summed E-state index contributed by atoms with van der Waals surface area (Å²) in [5, 5.41) is 16.6. The van der Waals surface area contributed by atoms with Crippen LogP contribution in [0.15, 0.2) is 48.7 Å². The fourth-order valence-corrected chi connectivity index (χ4v) is 3.85. The first-order valence-electron chi connectivity index (χ1n) is 11.5. The Morgan fingerprint density at radius 2 is 1.94 bits per heavy atom. The molecule has 0 aliphatic heterocycles. The third kappa shape index (κ3) is 6.29. The highest BCUT2D eigenvalue weighted by molar-refractivity contribution is 5.97. The van der Waals surface area contributed by atoms with Crippen LogP contribution in [0.1, 0.15) is 35.3 Å². The number of aromatic amines is 1. The summed E-state index contributed by atoms with van der Waals surface area (Å²) in [6, 6.07) is 12.8. The van der Waals surface area contributed by atoms with Gasteiger partial charge in [-0.2, -0.15) is 0 Å². The first-order valence-corrected chi connectivity index (χ1v) is 11.5. The molecule has 0 unspecified atom stereocenters. The van der Waals surface area contributed by atoms with Crippen LogP contribution in [0.5, 0.6) is 5.75 Å². The highest BCUT2D eigenvalue weighted by atomic mass is 16.5. The van der Waals surface area contributed by atoms with E-state index in [4.69, 9.17) is 4.74 Å². The Bertz CT molecular complexity index is 1120. The van der Waals surface area contributed by atoms with Gasteiger partial charge in [0.05, 0.1) is 24.3 Å². The number of para-hydroxylation sites is 1. The average molecular weight is 467 g/mol. The minimum atomic E-state index is -0.457. The van der Waals surface area contributed by atoms with Gasteiger partial charge in [0, 0.05) is 37.7 Å². The molecule has 4 N–H and O–H groups in total. The third-order valence-corrected chi connectivity index (χ3v) is 5.64. The van der Waals surface area contributed by atoms with Crippen LogP contribution in [-0.2, 0) is 12.8 Å². The molecule has 1 aromatic heterocycles. The number of nitrogens with one attached hydrogen (secondary N) is 3. The van der Waals surface area contributed by atoms with E-state index in [1.54, 1.807) is 31.1 Å². The lowest BCUT2D eigenvalue weighted by atomic mass is 10.0. The topological polar surface area (TPSA) is 107 Å². The van der Waals surface area contributed by atoms with Gasteiger partial charge >= 0.3 is 6.03 Å². The molecule has 0 saturated carbocycles. The van der Waals surface area contributed by atoms with Crippen molar-refractivity contribution in [3.8, 4) is 5.75 Å². The zero-order valence-corrected chi connectivity index (χ0v) is 20.2. The van der Waals surface area contributed by atoms with Gasteiger partial charge in [-0.15, -0.1) is 0 Å². The van der Waals surface area contributed by atoms with Crippen LogP contribution in [0.25, 0.3) is 10.9 Å². The van der Waals surface area contributed by atoms with Crippen molar-refractivity contribution in [2.75, 3.05) is 27.2 Å². The molecule has 1 atom stereocenters. The van der Waals surface area contributed by atoms with Gasteiger partial charge in [-0.05, 0) is 56.0 Å². The van der Waals surface area contributed by atoms with E-state index in [9.17, 15) is 14.7 Å². The standard InChI is InChI=1S/C26H34N4O4/c1-17(2)34-24-10-9-18(11-12-30(4)26(33)27-3)13-22(24)25(32)29-20(16-31)14-19-15-28-23-8-6-5-7-21(19)23/h5-10,13,15,17,20,28,31H,11-12,14,16H2,1-4H3,(H,27,33)(H,29,32)/t20-/m1/s1. The highest BCUT2D eigenvalue weighted by Gasteiger charge is 2.20. The molecule has 1 heterocycles. The van der Waals surface area contributed by atoms with Crippen LogP contribution in [-0.4, -0.2) is 66.3 Å². The third-order valence-electron chi connectivity index (χ3n) is 5.64. The number of ether oxygens (including phenoxy) is 1. The Morgan fingerprint density at radius 1 is 1.18 bits per heavy atom. The minimum absolute atomic E-state index is 0.100. The van der Waals surface area contributed by atoms with Gasteiger partial charge in [0.1, 0.15) is 5.75 Å². The molecular formula is C26H34N4O4. The molecule has 3 aromatic rings. The van der Waals surface area contributed by atoms with Crippen LogP contribution in [0.4, 0.5) is 4.79 Å². The van der Waals surface area contributed by atoms with E-state index in [0.29, 0.717) is 30.7 Å². The Balaban J connectivity index is 1.77. The highest BCUT2D eigenvalue weighted by Crippen LogP contribution is 2.23. The molecule has 8 nitrogen and oxygen atoms in total. The largest absolute Gasteiger partial charge is 0.490 e. The summed E-state index contributed by atoms with van der Waals surface area (Å²) in [4.78, 5) is 29.8. The number of aliphatic hydroxyl groups is 1. The van der Waals surface area contributed by atoms with E-state index >= 15 is 0 Å². The summed E-state index contributed by atoms with van der Waals surface area (Å²) in [7, 11) is 3.31. The number of urea groups is 1. The quantitative estimate of drug-likeness (QED) is 0.368. The van der Waals surface area contributed by atoms with Crippen LogP contribution in [0.2, 0.25) is 0 Å². The van der Waals surface area contributed by atoms with Gasteiger partial charge in [0.15, 0.2) is 0 Å². The summed E-state index contributed by atoms with van der Waals surface area (Å²) in [5.74, 6) is 0.177. The zero-order valence-electron chi connectivity index (χ0n) is 20.2. The lowest BCUT2D eigenvalue weighted by molar-refractivity contribution is 0.0910. The zero-order chi connectivity index (χ0) is 24.7. The number of carbonyl (C=O) groups is 2. The molecule has 0 bridgehead atoms. The van der Waals surface area contributed by atoms with Gasteiger partial charge in [-0.1, -0.05) is 24.3 Å². The average Bonchev–Trinajstić information content (AvgIpc) is 3.24. The molecule has 0 aliphatic rings. The molecule has 3 amide bonds. The lowest BCUT2D eigenvalue weighted by Gasteiger charge is -2.20. The van der Waals surface area contributed by atoms with Crippen LogP contribution in [0, 0.1) is 0 Å². The summed E-state index contributed by atoms with van der Waals surface area (Å²) >= 11 is 0. The Hall–Kier alpha value is -3.52. The summed E-state index contributed by atoms with van der Waals surface area (Å²) in [6.07, 6.45) is 2.89. The van der Waals surface area contributed by atoms with Crippen LogP contribution in [0.3, 0.4) is 0 Å². The first-order chi connectivity index (χ1) is 16.3. The monoisotopic (exact) mass is 466 g/mol. The van der Waals surface area contributed by atoms with Crippen LogP contribution < -0.4 is 15.4 Å². The molecule has 0 aliphatic carbocycles. The second-order valence-electron chi connectivity index (χ2n) is 8.64. The minimum Gasteiger partial charge on any atom is -0.490 e. The smallest absolute Gasteiger partial charge is 0.316 e. The normalized spacial score (nSPS) is 11.9. The van der Waals surface area contributed by atoms with Crippen molar-refractivity contribution in [1.29, 1.82) is 0 Å². The van der Waals surface area contributed by atoms with Crippen molar-refractivity contribution in [1.82, 2.24) is 20.5 Å². The van der Waals surface area contributed by atoms with Gasteiger partial charge < -0.3 is 30.4 Å². The number of likely N-dealkylation sites (N-methyl/N-ethyl adjacent to an activating group) is 1. The second-order valence-corrected chi connectivity index (χ2v) is 8.64. The molecule has 8 heteroatoms. The van der Waals surface area contributed by atoms with Gasteiger partial charge in [0.25, 0.3) is 5.91 Å². The van der Waals surface area contributed by atoms with E-state index < -0.39 is 6.04 Å². The molecule has 2 aromatic carbocycles. The maximum absolute atomic E-state index is 13.3. The molecule has 0 saturated heterocycles. The number of aliphatic hydroxyl groups excluding tert-OH is 1. The van der Waals surface area contributed by atoms with E-state index in [1.165, 1.54) is 0 Å². The van der Waals surface area contributed by atoms with Crippen molar-refractivity contribution in [2.24, 2.45) is 0 Å². The van der Waals surface area contributed by atoms with E-state index in [1.807, 2.05) is 50.4 Å². The van der Waals surface area contributed by atoms with Crippen molar-refractivity contribution in [2.45, 2.75) is 38.8 Å². The number of rotatable bonds is 10. The molecule has 34 heavy (non-hydrogen) atoms. The predicted octanol–water partition coefficient (Wildman–Crippen LogP) is 3.10. The summed E-state index contributed by atoms with van der Waals surface area (Å²) in [6.45, 7) is 4.12. The Morgan fingerprint density at radius 3 is 2.65 bits per heavy atom. The number of hydrogen-bond acceptors (Lipinski definition) is 4. The van der Waals surface area contributed by atoms with Crippen molar-refractivity contribution in [3.05, 3.63) is 65.4 Å². The number of H-pyrrole nitrogens is 1. The van der Waals surface area contributed by atoms with Crippen molar-refractivity contribution >= 4 is 22.8 Å². The number of aromatic nitrogens is 1. The summed E-state index contributed by atoms with van der Waals surface area (Å²) in [5.41, 5.74) is 3.36. The number of benzene rings is 2. The molecule has 0 radical (unpaired) electrons. The van der Waals surface area contributed by atoms with Gasteiger partial charge in [-0.25, -0.2) is 4.79 Å². The van der Waals surface area contributed by atoms with Gasteiger partial charge in [-0.3, -0.25) is 4.79 Å². The molecule has 182 valence electrons. The number of hydrogen-bond donors (Lipinski definition) is 4. The molecular weight excluding hydrogens is 432 g/mol. The van der Waals surface area contributed by atoms with E-state index in [2.05, 4.69) is 15.6 Å². The Labute approximate surface area is 200 Å². The van der Waals surface area contributed by atoms with E-state index in [0.717, 1.165) is 22.0 Å². The molecule has 0 fully saturated rings. The van der Waals surface area contributed by atoms with E-state index in [-0.39, 0.29) is 24.6 Å². The fourth-order valence-electron chi connectivity index (χ4n) is 3.85. The molecule has 3 rings (SSSR count). The maximum atomic E-state index is 13.3. The second kappa shape index (κ2) is 11.6. The van der Waals surface area contributed by atoms with Crippen molar-refractivity contribution < 1.29 is 19.4 Å². The number of nitrogens with zero attached hydrogens (tertiary/aromatic N) is 1. The number of amides is 3. The van der Waals surface area contributed by atoms with Crippen molar-refractivity contribution in [3.63, 3.8) is 0 Å². The number of carbonyl (C=O) groups excluding carboxylic acids is 2.